The molecule has 3 heterocycles. The second-order valence-corrected chi connectivity index (χ2v) is 6.79. The van der Waals surface area contributed by atoms with E-state index >= 15 is 0 Å². The molecule has 6 nitrogen and oxygen atoms in total. The summed E-state index contributed by atoms with van der Waals surface area (Å²) in [6, 6.07) is 9.50. The average Bonchev–Trinajstić information content (AvgIpc) is 3.34. The number of benzene rings is 1. The van der Waals surface area contributed by atoms with E-state index in [1.807, 2.05) is 37.3 Å². The number of carbonyl (C=O) groups excluding carboxylic acids is 1. The summed E-state index contributed by atoms with van der Waals surface area (Å²) in [5.74, 6) is 0.974. The molecule has 1 fully saturated rings. The summed E-state index contributed by atoms with van der Waals surface area (Å²) in [6.45, 7) is 2.58. The van der Waals surface area contributed by atoms with E-state index in [-0.39, 0.29) is 11.9 Å². The van der Waals surface area contributed by atoms with Gasteiger partial charge in [-0.05, 0) is 19.8 Å². The Bertz CT molecular complexity index is 858. The van der Waals surface area contributed by atoms with E-state index in [9.17, 15) is 4.79 Å². The van der Waals surface area contributed by atoms with Crippen LogP contribution in [0.5, 0.6) is 0 Å². The molecule has 0 spiro atoms. The minimum atomic E-state index is -0.176. The molecular weight excluding hydrogens is 324 g/mol. The van der Waals surface area contributed by atoms with E-state index in [0.29, 0.717) is 24.0 Å². The standard InChI is InChI=1S/C17H16N4O2S/c1-11-18-13(10-24-11)17(22)21-9-5-8-14(21)16-19-15(20-23-16)12-6-3-2-4-7-12/h2-4,6-7,10,14H,5,8-9H2,1H3/t14-/m0/s1. The highest BCUT2D eigenvalue weighted by molar-refractivity contribution is 7.09. The van der Waals surface area contributed by atoms with Crippen molar-refractivity contribution in [3.8, 4) is 11.4 Å². The number of likely N-dealkylation sites (tertiary alicyclic amines) is 1. The van der Waals surface area contributed by atoms with Crippen molar-refractivity contribution >= 4 is 17.2 Å². The average molecular weight is 340 g/mol. The fourth-order valence-electron chi connectivity index (χ4n) is 2.95. The van der Waals surface area contributed by atoms with Crippen molar-refractivity contribution in [1.82, 2.24) is 20.0 Å². The van der Waals surface area contributed by atoms with E-state index in [1.54, 1.807) is 10.3 Å². The number of thiazole rings is 1. The smallest absolute Gasteiger partial charge is 0.274 e. The lowest BCUT2D eigenvalue weighted by Crippen LogP contribution is -2.31. The van der Waals surface area contributed by atoms with Crippen LogP contribution in [0.15, 0.2) is 40.2 Å². The minimum Gasteiger partial charge on any atom is -0.337 e. The Kier molecular flexibility index (Phi) is 3.86. The highest BCUT2D eigenvalue weighted by Crippen LogP contribution is 2.33. The van der Waals surface area contributed by atoms with Crippen LogP contribution in [0, 0.1) is 6.92 Å². The van der Waals surface area contributed by atoms with Crippen LogP contribution in [0.4, 0.5) is 0 Å². The fourth-order valence-corrected chi connectivity index (χ4v) is 3.54. The maximum absolute atomic E-state index is 12.7. The largest absolute Gasteiger partial charge is 0.337 e. The molecule has 1 saturated heterocycles. The quantitative estimate of drug-likeness (QED) is 0.730. The molecule has 0 bridgehead atoms. The van der Waals surface area contributed by atoms with Crippen LogP contribution in [0.2, 0.25) is 0 Å². The highest BCUT2D eigenvalue weighted by Gasteiger charge is 2.35. The monoisotopic (exact) mass is 340 g/mol. The summed E-state index contributed by atoms with van der Waals surface area (Å²) in [6.07, 6.45) is 1.74. The summed E-state index contributed by atoms with van der Waals surface area (Å²) < 4.78 is 5.45. The minimum absolute atomic E-state index is 0.0682. The third-order valence-electron chi connectivity index (χ3n) is 4.11. The van der Waals surface area contributed by atoms with E-state index in [1.165, 1.54) is 11.3 Å². The Hall–Kier alpha value is -2.54. The summed E-state index contributed by atoms with van der Waals surface area (Å²) >= 11 is 1.48. The summed E-state index contributed by atoms with van der Waals surface area (Å²) in [7, 11) is 0. The zero-order valence-corrected chi connectivity index (χ0v) is 14.0. The van der Waals surface area contributed by atoms with Gasteiger partial charge in [0.25, 0.3) is 5.91 Å². The Morgan fingerprint density at radius 2 is 2.12 bits per heavy atom. The predicted molar refractivity (Wildman–Crippen MR) is 89.6 cm³/mol. The van der Waals surface area contributed by atoms with Crippen LogP contribution in [0.25, 0.3) is 11.4 Å². The molecule has 0 unspecified atom stereocenters. The van der Waals surface area contributed by atoms with Gasteiger partial charge in [-0.25, -0.2) is 4.98 Å². The number of amides is 1. The Labute approximate surface area is 143 Å². The normalized spacial score (nSPS) is 17.4. The molecule has 2 aromatic heterocycles. The maximum Gasteiger partial charge on any atom is 0.274 e. The van der Waals surface area contributed by atoms with Crippen molar-refractivity contribution in [1.29, 1.82) is 0 Å². The molecule has 4 rings (SSSR count). The van der Waals surface area contributed by atoms with E-state index in [0.717, 1.165) is 23.4 Å². The molecule has 0 N–H and O–H groups in total. The van der Waals surface area contributed by atoms with E-state index in [2.05, 4.69) is 15.1 Å². The molecule has 1 amide bonds. The van der Waals surface area contributed by atoms with E-state index in [4.69, 9.17) is 4.52 Å². The molecule has 1 atom stereocenters. The number of carbonyl (C=O) groups is 1. The third kappa shape index (κ3) is 2.71. The lowest BCUT2D eigenvalue weighted by Gasteiger charge is -2.20. The summed E-state index contributed by atoms with van der Waals surface area (Å²) in [4.78, 5) is 23.3. The number of aryl methyl sites for hydroxylation is 1. The molecular formula is C17H16N4O2S. The zero-order valence-electron chi connectivity index (χ0n) is 13.2. The number of hydrogen-bond acceptors (Lipinski definition) is 6. The molecule has 0 aliphatic carbocycles. The maximum atomic E-state index is 12.7. The van der Waals surface area contributed by atoms with Gasteiger partial charge in [0.15, 0.2) is 0 Å². The molecule has 24 heavy (non-hydrogen) atoms. The van der Waals surface area contributed by atoms with Gasteiger partial charge in [-0.1, -0.05) is 35.5 Å². The van der Waals surface area contributed by atoms with Gasteiger partial charge < -0.3 is 9.42 Å². The van der Waals surface area contributed by atoms with Crippen LogP contribution in [0.1, 0.15) is 40.3 Å². The van der Waals surface area contributed by atoms with Crippen molar-refractivity contribution in [3.63, 3.8) is 0 Å². The van der Waals surface area contributed by atoms with E-state index < -0.39 is 0 Å². The first kappa shape index (κ1) is 15.0. The third-order valence-corrected chi connectivity index (χ3v) is 4.88. The van der Waals surface area contributed by atoms with Crippen molar-refractivity contribution in [2.24, 2.45) is 0 Å². The Balaban J connectivity index is 1.59. The first-order valence-corrected chi connectivity index (χ1v) is 8.72. The van der Waals surface area contributed by atoms with Crippen LogP contribution >= 0.6 is 11.3 Å². The first-order chi connectivity index (χ1) is 11.7. The highest BCUT2D eigenvalue weighted by atomic mass is 32.1. The Morgan fingerprint density at radius 3 is 2.88 bits per heavy atom. The number of nitrogens with zero attached hydrogens (tertiary/aromatic N) is 4. The molecule has 0 radical (unpaired) electrons. The zero-order chi connectivity index (χ0) is 16.5. The van der Waals surface area contributed by atoms with Crippen LogP contribution in [-0.2, 0) is 0 Å². The number of hydrogen-bond donors (Lipinski definition) is 0. The van der Waals surface area contributed by atoms with Gasteiger partial charge in [-0.15, -0.1) is 11.3 Å². The van der Waals surface area contributed by atoms with Crippen molar-refractivity contribution in [2.45, 2.75) is 25.8 Å². The van der Waals surface area contributed by atoms with Crippen molar-refractivity contribution < 1.29 is 9.32 Å². The van der Waals surface area contributed by atoms with Crippen LogP contribution in [-0.4, -0.2) is 32.5 Å². The molecule has 1 aromatic carbocycles. The van der Waals surface area contributed by atoms with Gasteiger partial charge in [-0.3, -0.25) is 4.79 Å². The SMILES string of the molecule is Cc1nc(C(=O)N2CCC[C@H]2c2nc(-c3ccccc3)no2)cs1. The second kappa shape index (κ2) is 6.16. The molecule has 122 valence electrons. The lowest BCUT2D eigenvalue weighted by atomic mass is 10.2. The van der Waals surface area contributed by atoms with Crippen molar-refractivity contribution in [2.75, 3.05) is 6.54 Å². The van der Waals surface area contributed by atoms with Crippen molar-refractivity contribution in [3.05, 3.63) is 52.3 Å². The van der Waals surface area contributed by atoms with Gasteiger partial charge in [0.2, 0.25) is 11.7 Å². The Morgan fingerprint density at radius 1 is 1.29 bits per heavy atom. The number of rotatable bonds is 3. The molecule has 1 aliphatic rings. The first-order valence-electron chi connectivity index (χ1n) is 7.84. The van der Waals surface area contributed by atoms with Gasteiger partial charge in [-0.2, -0.15) is 4.98 Å². The van der Waals surface area contributed by atoms with Gasteiger partial charge in [0.1, 0.15) is 11.7 Å². The molecule has 1 aliphatic heterocycles. The molecule has 3 aromatic rings. The fraction of sp³-hybridized carbons (Fsp3) is 0.294. The number of aromatic nitrogens is 3. The van der Waals surface area contributed by atoms with Crippen LogP contribution in [0.3, 0.4) is 0 Å². The van der Waals surface area contributed by atoms with Gasteiger partial charge in [0, 0.05) is 17.5 Å². The topological polar surface area (TPSA) is 72.1 Å². The lowest BCUT2D eigenvalue weighted by molar-refractivity contribution is 0.0705. The molecule has 0 saturated carbocycles. The summed E-state index contributed by atoms with van der Waals surface area (Å²) in [5.41, 5.74) is 1.39. The predicted octanol–water partition coefficient (Wildman–Crippen LogP) is 3.48. The second-order valence-electron chi connectivity index (χ2n) is 5.73. The van der Waals surface area contributed by atoms with Gasteiger partial charge >= 0.3 is 0 Å². The van der Waals surface area contributed by atoms with Crippen LogP contribution < -0.4 is 0 Å². The van der Waals surface area contributed by atoms with Gasteiger partial charge in [0.05, 0.1) is 5.01 Å². The molecule has 7 heteroatoms. The summed E-state index contributed by atoms with van der Waals surface area (Å²) in [5, 5.41) is 6.75.